The van der Waals surface area contributed by atoms with Crippen LogP contribution in [-0.4, -0.2) is 72.2 Å². The molecule has 3 heterocycles. The summed E-state index contributed by atoms with van der Waals surface area (Å²) in [6, 6.07) is 0.588. The Kier molecular flexibility index (Phi) is 7.79. The summed E-state index contributed by atoms with van der Waals surface area (Å²) in [5.74, 6) is -1.78. The number of aliphatic hydroxyl groups excluding tert-OH is 1. The summed E-state index contributed by atoms with van der Waals surface area (Å²) < 4.78 is 24.5. The average molecular weight is 400 g/mol. The monoisotopic (exact) mass is 399 g/mol. The summed E-state index contributed by atoms with van der Waals surface area (Å²) in [5.41, 5.74) is 0. The second-order valence-corrected chi connectivity index (χ2v) is 9.17. The van der Waals surface area contributed by atoms with E-state index in [0.717, 1.165) is 25.9 Å². The van der Waals surface area contributed by atoms with Crippen molar-refractivity contribution in [2.75, 3.05) is 26.3 Å². The molecule has 0 bridgehead atoms. The smallest absolute Gasteiger partial charge is 0.224 e. The molecule has 0 aromatic carbocycles. The standard InChI is InChI=1S/C22H41NO5/c1-5-7-8-9-10-14-25-16-22-20(27-21(3,4)28-22)19(24)18(26-22)15-23-13-11-12-17(23)6-2/h17-20,24H,5-16H2,1-4H3/t17?,18-,19+,20-,22-/m0/s1. The number of aliphatic hydroxyl groups is 1. The Morgan fingerprint density at radius 2 is 1.89 bits per heavy atom. The third-order valence-electron chi connectivity index (χ3n) is 6.39. The molecule has 3 aliphatic heterocycles. The first kappa shape index (κ1) is 22.4. The van der Waals surface area contributed by atoms with Crippen molar-refractivity contribution in [2.45, 2.75) is 115 Å². The first-order valence-electron chi connectivity index (χ1n) is 11.5. The number of likely N-dealkylation sites (tertiary alicyclic amines) is 1. The van der Waals surface area contributed by atoms with Gasteiger partial charge in [-0.05, 0) is 46.1 Å². The molecule has 0 radical (unpaired) electrons. The van der Waals surface area contributed by atoms with Gasteiger partial charge in [0.1, 0.15) is 24.9 Å². The van der Waals surface area contributed by atoms with Crippen molar-refractivity contribution in [3.05, 3.63) is 0 Å². The zero-order valence-electron chi connectivity index (χ0n) is 18.3. The van der Waals surface area contributed by atoms with E-state index >= 15 is 0 Å². The molecule has 0 amide bonds. The second kappa shape index (κ2) is 9.71. The first-order valence-corrected chi connectivity index (χ1v) is 11.5. The van der Waals surface area contributed by atoms with Crippen molar-refractivity contribution >= 4 is 0 Å². The lowest BCUT2D eigenvalue weighted by atomic mass is 10.0. The lowest BCUT2D eigenvalue weighted by molar-refractivity contribution is -0.279. The third-order valence-corrected chi connectivity index (χ3v) is 6.39. The van der Waals surface area contributed by atoms with Gasteiger partial charge in [-0.1, -0.05) is 39.5 Å². The van der Waals surface area contributed by atoms with E-state index in [1.54, 1.807) is 0 Å². The number of ether oxygens (including phenoxy) is 4. The van der Waals surface area contributed by atoms with Crippen LogP contribution in [0.4, 0.5) is 0 Å². The van der Waals surface area contributed by atoms with Crippen LogP contribution in [0.2, 0.25) is 0 Å². The molecule has 3 saturated heterocycles. The lowest BCUT2D eigenvalue weighted by Gasteiger charge is -2.31. The molecule has 1 N–H and O–H groups in total. The molecule has 0 spiro atoms. The van der Waals surface area contributed by atoms with E-state index in [-0.39, 0.29) is 6.10 Å². The molecule has 1 unspecified atom stereocenters. The van der Waals surface area contributed by atoms with Gasteiger partial charge in [0.05, 0.1) is 0 Å². The summed E-state index contributed by atoms with van der Waals surface area (Å²) in [4.78, 5) is 2.45. The molecule has 0 aromatic heterocycles. The molecule has 28 heavy (non-hydrogen) atoms. The van der Waals surface area contributed by atoms with Crippen LogP contribution >= 0.6 is 0 Å². The summed E-state index contributed by atoms with van der Waals surface area (Å²) in [5, 5.41) is 11.0. The van der Waals surface area contributed by atoms with Gasteiger partial charge < -0.3 is 24.1 Å². The summed E-state index contributed by atoms with van der Waals surface area (Å²) in [6.45, 7) is 11.0. The summed E-state index contributed by atoms with van der Waals surface area (Å²) in [6.07, 6.45) is 8.09. The zero-order chi connectivity index (χ0) is 20.2. The van der Waals surface area contributed by atoms with Crippen LogP contribution in [0.5, 0.6) is 0 Å². The highest BCUT2D eigenvalue weighted by Gasteiger charge is 2.65. The van der Waals surface area contributed by atoms with E-state index in [2.05, 4.69) is 18.7 Å². The predicted octanol–water partition coefficient (Wildman–Crippen LogP) is 3.46. The van der Waals surface area contributed by atoms with E-state index in [0.29, 0.717) is 19.3 Å². The zero-order valence-corrected chi connectivity index (χ0v) is 18.3. The molecule has 0 aliphatic carbocycles. The normalized spacial score (nSPS) is 37.6. The number of unbranched alkanes of at least 4 members (excludes halogenated alkanes) is 4. The molecule has 164 valence electrons. The van der Waals surface area contributed by atoms with Crippen molar-refractivity contribution in [1.82, 2.24) is 4.90 Å². The van der Waals surface area contributed by atoms with E-state index < -0.39 is 23.8 Å². The fraction of sp³-hybridized carbons (Fsp3) is 1.00. The number of hydrogen-bond acceptors (Lipinski definition) is 6. The van der Waals surface area contributed by atoms with Crippen LogP contribution in [0.1, 0.15) is 79.1 Å². The Bertz CT molecular complexity index is 488. The van der Waals surface area contributed by atoms with Gasteiger partial charge in [0.25, 0.3) is 0 Å². The highest BCUT2D eigenvalue weighted by atomic mass is 16.9. The van der Waals surface area contributed by atoms with Crippen molar-refractivity contribution < 1.29 is 24.1 Å². The summed E-state index contributed by atoms with van der Waals surface area (Å²) in [7, 11) is 0. The third kappa shape index (κ3) is 5.08. The lowest BCUT2D eigenvalue weighted by Crippen LogP contribution is -2.45. The van der Waals surface area contributed by atoms with Crippen LogP contribution in [0.25, 0.3) is 0 Å². The summed E-state index contributed by atoms with van der Waals surface area (Å²) >= 11 is 0. The van der Waals surface area contributed by atoms with Crippen molar-refractivity contribution in [3.63, 3.8) is 0 Å². The molecule has 3 rings (SSSR count). The average Bonchev–Trinajstić information content (AvgIpc) is 3.27. The van der Waals surface area contributed by atoms with Gasteiger partial charge >= 0.3 is 0 Å². The molecule has 3 aliphatic rings. The van der Waals surface area contributed by atoms with Gasteiger partial charge in [0.15, 0.2) is 5.79 Å². The molecule has 6 nitrogen and oxygen atoms in total. The molecule has 0 saturated carbocycles. The van der Waals surface area contributed by atoms with Gasteiger partial charge in [-0.15, -0.1) is 0 Å². The highest BCUT2D eigenvalue weighted by molar-refractivity contribution is 5.04. The van der Waals surface area contributed by atoms with Gasteiger partial charge in [0, 0.05) is 19.2 Å². The Morgan fingerprint density at radius 1 is 1.11 bits per heavy atom. The van der Waals surface area contributed by atoms with Crippen LogP contribution in [0.15, 0.2) is 0 Å². The fourth-order valence-corrected chi connectivity index (χ4v) is 4.98. The Balaban J connectivity index is 1.55. The molecule has 3 fully saturated rings. The molecule has 6 heteroatoms. The predicted molar refractivity (Wildman–Crippen MR) is 108 cm³/mol. The molecular formula is C22H41NO5. The van der Waals surface area contributed by atoms with E-state index in [1.807, 2.05) is 13.8 Å². The van der Waals surface area contributed by atoms with Crippen LogP contribution in [0.3, 0.4) is 0 Å². The fourth-order valence-electron chi connectivity index (χ4n) is 4.98. The largest absolute Gasteiger partial charge is 0.387 e. The number of rotatable bonds is 11. The van der Waals surface area contributed by atoms with Crippen LogP contribution < -0.4 is 0 Å². The van der Waals surface area contributed by atoms with Gasteiger partial charge in [-0.25, -0.2) is 0 Å². The molecule has 0 aromatic rings. The minimum absolute atomic E-state index is 0.304. The minimum atomic E-state index is -1.00. The van der Waals surface area contributed by atoms with Crippen LogP contribution in [-0.2, 0) is 18.9 Å². The topological polar surface area (TPSA) is 60.4 Å². The van der Waals surface area contributed by atoms with Crippen molar-refractivity contribution in [3.8, 4) is 0 Å². The number of nitrogens with zero attached hydrogens (tertiary/aromatic N) is 1. The Morgan fingerprint density at radius 3 is 2.64 bits per heavy atom. The van der Waals surface area contributed by atoms with Gasteiger partial charge in [-0.3, -0.25) is 4.90 Å². The maximum atomic E-state index is 11.0. The van der Waals surface area contributed by atoms with E-state index in [1.165, 1.54) is 38.5 Å². The Hall–Kier alpha value is -0.240. The number of hydrogen-bond donors (Lipinski definition) is 1. The highest BCUT2D eigenvalue weighted by Crippen LogP contribution is 2.46. The SMILES string of the molecule is CCCCCCCOC[C@@]12O[C@@H](CN3CCCC3CC)[C@@H](O)[C@@H]1OC(C)(C)O2. The maximum Gasteiger partial charge on any atom is 0.224 e. The molecule has 5 atom stereocenters. The van der Waals surface area contributed by atoms with Gasteiger partial charge in [0.2, 0.25) is 5.79 Å². The van der Waals surface area contributed by atoms with E-state index in [4.69, 9.17) is 18.9 Å². The second-order valence-electron chi connectivity index (χ2n) is 9.17. The quantitative estimate of drug-likeness (QED) is 0.537. The first-order chi connectivity index (χ1) is 13.4. The Labute approximate surface area is 170 Å². The number of fused-ring (bicyclic) bond motifs is 1. The minimum Gasteiger partial charge on any atom is -0.387 e. The van der Waals surface area contributed by atoms with Gasteiger partial charge in [-0.2, -0.15) is 0 Å². The maximum absolute atomic E-state index is 11.0. The van der Waals surface area contributed by atoms with Crippen LogP contribution in [0, 0.1) is 0 Å². The van der Waals surface area contributed by atoms with Crippen molar-refractivity contribution in [2.24, 2.45) is 0 Å². The van der Waals surface area contributed by atoms with Crippen molar-refractivity contribution in [1.29, 1.82) is 0 Å². The van der Waals surface area contributed by atoms with E-state index in [9.17, 15) is 5.11 Å². The molecular weight excluding hydrogens is 358 g/mol.